The molecule has 1 atom stereocenters. The Morgan fingerprint density at radius 2 is 1.97 bits per heavy atom. The van der Waals surface area contributed by atoms with Crippen LogP contribution in [0.1, 0.15) is 18.9 Å². The summed E-state index contributed by atoms with van der Waals surface area (Å²) in [5.74, 6) is -0.262. The zero-order chi connectivity index (χ0) is 22.2. The van der Waals surface area contributed by atoms with Crippen LogP contribution in [0.4, 0.5) is 10.6 Å². The molecule has 0 radical (unpaired) electrons. The molecule has 0 unspecified atom stereocenters. The number of nitrogens with zero attached hydrogens (tertiary/aromatic N) is 2. The van der Waals surface area contributed by atoms with Crippen molar-refractivity contribution in [1.82, 2.24) is 15.3 Å². The van der Waals surface area contributed by atoms with E-state index in [1.54, 1.807) is 24.5 Å². The first kappa shape index (κ1) is 21.8. The van der Waals surface area contributed by atoms with Crippen LogP contribution in [0.3, 0.4) is 0 Å². The van der Waals surface area contributed by atoms with Crippen LogP contribution in [0.2, 0.25) is 0 Å². The van der Waals surface area contributed by atoms with Crippen LogP contribution in [-0.2, 0) is 25.7 Å². The van der Waals surface area contributed by atoms with Gasteiger partial charge in [0.05, 0.1) is 12.6 Å². The number of hydrogen-bond acceptors (Lipinski definition) is 6. The third-order valence-corrected chi connectivity index (χ3v) is 4.71. The van der Waals surface area contributed by atoms with Crippen molar-refractivity contribution in [2.45, 2.75) is 26.0 Å². The highest BCUT2D eigenvalue weighted by atomic mass is 16.6. The number of alkyl carbamates (subject to hydrolysis) is 1. The molecular formula is C22H24N4O5. The molecule has 0 bridgehead atoms. The number of fused-ring (bicyclic) bond motifs is 1. The van der Waals surface area contributed by atoms with Gasteiger partial charge in [0, 0.05) is 31.2 Å². The fourth-order valence-electron chi connectivity index (χ4n) is 3.11. The van der Waals surface area contributed by atoms with E-state index < -0.39 is 18.1 Å². The Kier molecular flexibility index (Phi) is 7.21. The minimum Gasteiger partial charge on any atom is -0.467 e. The van der Waals surface area contributed by atoms with Gasteiger partial charge in [-0.05, 0) is 24.1 Å². The standard InChI is InChI=1S/C22H24N4O5/c1-15(27)26(20-12-17-13-23-10-8-18(17)24-20)11-9-19(21(28)30-2)25-22(29)31-14-16-6-4-3-5-7-16/h3-8,10,12-13,19,24H,9,11,14H2,1-2H3,(H,25,29)/t19-/m0/s1. The average Bonchev–Trinajstić information content (AvgIpc) is 3.20. The Bertz CT molecular complexity index is 1020. The molecule has 2 N–H and O–H groups in total. The van der Waals surface area contributed by atoms with E-state index in [1.165, 1.54) is 18.9 Å². The number of amides is 2. The zero-order valence-electron chi connectivity index (χ0n) is 17.3. The van der Waals surface area contributed by atoms with Crippen LogP contribution in [-0.4, -0.2) is 47.6 Å². The number of esters is 1. The van der Waals surface area contributed by atoms with E-state index in [4.69, 9.17) is 9.47 Å². The molecule has 0 saturated heterocycles. The van der Waals surface area contributed by atoms with Gasteiger partial charge in [-0.1, -0.05) is 30.3 Å². The number of aromatic nitrogens is 2. The van der Waals surface area contributed by atoms with Gasteiger partial charge in [-0.2, -0.15) is 0 Å². The summed E-state index contributed by atoms with van der Waals surface area (Å²) in [5.41, 5.74) is 1.66. The molecule has 31 heavy (non-hydrogen) atoms. The highest BCUT2D eigenvalue weighted by Gasteiger charge is 2.25. The van der Waals surface area contributed by atoms with Gasteiger partial charge < -0.3 is 19.8 Å². The molecule has 9 heteroatoms. The Hall–Kier alpha value is -3.88. The van der Waals surface area contributed by atoms with Crippen molar-refractivity contribution in [1.29, 1.82) is 0 Å². The van der Waals surface area contributed by atoms with Gasteiger partial charge in [-0.25, -0.2) is 9.59 Å². The molecule has 2 amide bonds. The highest BCUT2D eigenvalue weighted by molar-refractivity contribution is 5.94. The van der Waals surface area contributed by atoms with E-state index in [0.29, 0.717) is 5.82 Å². The van der Waals surface area contributed by atoms with Crippen molar-refractivity contribution >= 4 is 34.7 Å². The normalized spacial score (nSPS) is 11.5. The van der Waals surface area contributed by atoms with Gasteiger partial charge in [-0.3, -0.25) is 14.7 Å². The fourth-order valence-corrected chi connectivity index (χ4v) is 3.11. The molecule has 9 nitrogen and oxygen atoms in total. The molecular weight excluding hydrogens is 400 g/mol. The lowest BCUT2D eigenvalue weighted by atomic mass is 10.2. The lowest BCUT2D eigenvalue weighted by Crippen LogP contribution is -2.44. The number of pyridine rings is 1. The predicted octanol–water partition coefficient (Wildman–Crippen LogP) is 2.77. The lowest BCUT2D eigenvalue weighted by molar-refractivity contribution is -0.143. The van der Waals surface area contributed by atoms with Gasteiger partial charge in [-0.15, -0.1) is 0 Å². The largest absolute Gasteiger partial charge is 0.467 e. The minimum absolute atomic E-state index is 0.0727. The molecule has 162 valence electrons. The topological polar surface area (TPSA) is 114 Å². The summed E-state index contributed by atoms with van der Waals surface area (Å²) in [7, 11) is 1.24. The number of rotatable bonds is 8. The third-order valence-electron chi connectivity index (χ3n) is 4.71. The first-order valence-electron chi connectivity index (χ1n) is 9.74. The molecule has 1 aromatic carbocycles. The van der Waals surface area contributed by atoms with Crippen molar-refractivity contribution in [3.05, 3.63) is 60.4 Å². The summed E-state index contributed by atoms with van der Waals surface area (Å²) >= 11 is 0. The smallest absolute Gasteiger partial charge is 0.408 e. The van der Waals surface area contributed by atoms with Gasteiger partial charge in [0.25, 0.3) is 0 Å². The second kappa shape index (κ2) is 10.2. The van der Waals surface area contributed by atoms with E-state index in [-0.39, 0.29) is 25.5 Å². The van der Waals surface area contributed by atoms with E-state index in [2.05, 4.69) is 15.3 Å². The minimum atomic E-state index is -0.971. The Morgan fingerprint density at radius 1 is 1.19 bits per heavy atom. The van der Waals surface area contributed by atoms with Crippen molar-refractivity contribution in [2.75, 3.05) is 18.6 Å². The number of carbonyl (C=O) groups is 3. The van der Waals surface area contributed by atoms with Crippen LogP contribution in [0.5, 0.6) is 0 Å². The van der Waals surface area contributed by atoms with E-state index >= 15 is 0 Å². The molecule has 2 heterocycles. The summed E-state index contributed by atoms with van der Waals surface area (Å²) in [6, 6.07) is 11.8. The first-order valence-corrected chi connectivity index (χ1v) is 9.74. The molecule has 0 aliphatic rings. The van der Waals surface area contributed by atoms with Gasteiger partial charge >= 0.3 is 12.1 Å². The molecule has 3 aromatic rings. The number of aromatic amines is 1. The lowest BCUT2D eigenvalue weighted by Gasteiger charge is -2.22. The van der Waals surface area contributed by atoms with Gasteiger partial charge in [0.1, 0.15) is 18.5 Å². The first-order chi connectivity index (χ1) is 15.0. The van der Waals surface area contributed by atoms with Crippen molar-refractivity contribution in [3.8, 4) is 0 Å². The van der Waals surface area contributed by atoms with Crippen LogP contribution < -0.4 is 10.2 Å². The molecule has 0 aliphatic carbocycles. The average molecular weight is 424 g/mol. The zero-order valence-corrected chi connectivity index (χ0v) is 17.3. The summed E-state index contributed by atoms with van der Waals surface area (Å²) in [6.07, 6.45) is 2.74. The predicted molar refractivity (Wildman–Crippen MR) is 114 cm³/mol. The number of anilines is 1. The summed E-state index contributed by atoms with van der Waals surface area (Å²) in [4.78, 5) is 45.3. The van der Waals surface area contributed by atoms with E-state index in [1.807, 2.05) is 30.3 Å². The number of methoxy groups -OCH3 is 1. The monoisotopic (exact) mass is 424 g/mol. The molecule has 0 spiro atoms. The Labute approximate surface area is 179 Å². The van der Waals surface area contributed by atoms with Crippen molar-refractivity contribution in [2.24, 2.45) is 0 Å². The molecule has 0 fully saturated rings. The maximum absolute atomic E-state index is 12.2. The van der Waals surface area contributed by atoms with Crippen LogP contribution in [0.15, 0.2) is 54.9 Å². The number of carbonyl (C=O) groups excluding carboxylic acids is 3. The summed E-state index contributed by atoms with van der Waals surface area (Å²) in [5, 5.41) is 3.37. The Balaban J connectivity index is 1.64. The molecule has 0 saturated carbocycles. The number of H-pyrrole nitrogens is 1. The maximum Gasteiger partial charge on any atom is 0.408 e. The molecule has 0 aliphatic heterocycles. The number of nitrogens with one attached hydrogen (secondary N) is 2. The van der Waals surface area contributed by atoms with E-state index in [0.717, 1.165) is 16.5 Å². The summed E-state index contributed by atoms with van der Waals surface area (Å²) < 4.78 is 9.97. The quantitative estimate of drug-likeness (QED) is 0.538. The van der Waals surface area contributed by atoms with Crippen LogP contribution >= 0.6 is 0 Å². The van der Waals surface area contributed by atoms with Gasteiger partial charge in [0.2, 0.25) is 5.91 Å². The fraction of sp³-hybridized carbons (Fsp3) is 0.273. The SMILES string of the molecule is COC(=O)[C@H](CCN(C(C)=O)c1cc2cnccc2[nH]1)NC(=O)OCc1ccccc1. The number of ether oxygens (including phenoxy) is 2. The van der Waals surface area contributed by atoms with Crippen molar-refractivity contribution < 1.29 is 23.9 Å². The third kappa shape index (κ3) is 5.81. The molecule has 2 aromatic heterocycles. The van der Waals surface area contributed by atoms with Crippen LogP contribution in [0.25, 0.3) is 10.9 Å². The van der Waals surface area contributed by atoms with Crippen molar-refractivity contribution in [3.63, 3.8) is 0 Å². The van der Waals surface area contributed by atoms with Gasteiger partial charge in [0.15, 0.2) is 0 Å². The van der Waals surface area contributed by atoms with Crippen LogP contribution in [0, 0.1) is 0 Å². The number of benzene rings is 1. The highest BCUT2D eigenvalue weighted by Crippen LogP contribution is 2.21. The Morgan fingerprint density at radius 3 is 2.65 bits per heavy atom. The van der Waals surface area contributed by atoms with E-state index in [9.17, 15) is 14.4 Å². The number of hydrogen-bond donors (Lipinski definition) is 2. The second-order valence-electron chi connectivity index (χ2n) is 6.86. The maximum atomic E-state index is 12.2. The second-order valence-corrected chi connectivity index (χ2v) is 6.86. The molecule has 3 rings (SSSR count). The summed E-state index contributed by atoms with van der Waals surface area (Å²) in [6.45, 7) is 1.68.